The van der Waals surface area contributed by atoms with Crippen LogP contribution in [0.4, 0.5) is 5.69 Å². The van der Waals surface area contributed by atoms with E-state index in [0.717, 1.165) is 66.7 Å². The summed E-state index contributed by atoms with van der Waals surface area (Å²) in [4.78, 5) is 13.2. The van der Waals surface area contributed by atoms with Crippen molar-refractivity contribution in [2.75, 3.05) is 0 Å². The predicted molar refractivity (Wildman–Crippen MR) is 198 cm³/mol. The molecule has 6 nitrogen and oxygen atoms in total. The van der Waals surface area contributed by atoms with E-state index in [9.17, 15) is 5.26 Å². The third kappa shape index (κ3) is 5.66. The van der Waals surface area contributed by atoms with Crippen LogP contribution in [0.3, 0.4) is 0 Å². The molecule has 0 aliphatic heterocycles. The van der Waals surface area contributed by atoms with Crippen LogP contribution in [-0.2, 0) is 0 Å². The maximum Gasteiger partial charge on any atom is 0.187 e. The lowest BCUT2D eigenvalue weighted by atomic mass is 9.88. The number of imidazole rings is 1. The lowest BCUT2D eigenvalue weighted by molar-refractivity contribution is 0.669. The first kappa shape index (κ1) is 31.6. The number of furan rings is 1. The fraction of sp³-hybridized carbons (Fsp3) is 0.209. The normalized spacial score (nSPS) is 11.6. The van der Waals surface area contributed by atoms with Gasteiger partial charge in [-0.3, -0.25) is 9.55 Å². The number of benzene rings is 4. The molecule has 0 spiro atoms. The fourth-order valence-corrected chi connectivity index (χ4v) is 6.64. The zero-order valence-corrected chi connectivity index (χ0v) is 28.6. The van der Waals surface area contributed by atoms with E-state index < -0.39 is 0 Å². The maximum atomic E-state index is 9.90. The third-order valence-corrected chi connectivity index (χ3v) is 9.28. The molecule has 3 aromatic heterocycles. The van der Waals surface area contributed by atoms with Crippen LogP contribution in [0.15, 0.2) is 102 Å². The Morgan fingerprint density at radius 1 is 0.776 bits per heavy atom. The van der Waals surface area contributed by atoms with Crippen molar-refractivity contribution < 1.29 is 4.42 Å². The Kier molecular flexibility index (Phi) is 8.10. The summed E-state index contributed by atoms with van der Waals surface area (Å²) in [6.07, 6.45) is 3.68. The van der Waals surface area contributed by atoms with Crippen molar-refractivity contribution in [3.8, 4) is 45.4 Å². The van der Waals surface area contributed by atoms with Gasteiger partial charge >= 0.3 is 0 Å². The molecule has 7 rings (SSSR count). The minimum absolute atomic E-state index is 0.153. The van der Waals surface area contributed by atoms with E-state index in [1.807, 2.05) is 47.3 Å². The molecule has 0 aliphatic carbocycles. The largest absolute Gasteiger partial charge is 0.454 e. The van der Waals surface area contributed by atoms with Gasteiger partial charge in [0.05, 0.1) is 12.3 Å². The summed E-state index contributed by atoms with van der Waals surface area (Å²) in [5.74, 6) is 1.43. The van der Waals surface area contributed by atoms with Gasteiger partial charge in [0.1, 0.15) is 23.0 Å². The summed E-state index contributed by atoms with van der Waals surface area (Å²) >= 11 is 0. The van der Waals surface area contributed by atoms with E-state index in [0.29, 0.717) is 23.1 Å². The van der Waals surface area contributed by atoms with Gasteiger partial charge in [-0.05, 0) is 87.5 Å². The first-order chi connectivity index (χ1) is 23.7. The number of nitriles is 1. The second-order valence-electron chi connectivity index (χ2n) is 13.5. The van der Waals surface area contributed by atoms with Gasteiger partial charge in [0, 0.05) is 28.9 Å². The lowest BCUT2D eigenvalue weighted by Gasteiger charge is -2.23. The Bertz CT molecular complexity index is 2420. The molecule has 0 N–H and O–H groups in total. The summed E-state index contributed by atoms with van der Waals surface area (Å²) in [7, 11) is 0. The SMILES string of the molecule is [C-]#[N+]c1cccc(-c2nc(C#N)cn2-c2c(C(C)C)cc(-c3ccnc4c3oc3ccc(-c5ccc(C(C)C)cc5)cc34)cc2C(C)C)c1. The van der Waals surface area contributed by atoms with Crippen LogP contribution in [0, 0.1) is 17.9 Å². The molecule has 0 saturated heterocycles. The predicted octanol–water partition coefficient (Wildman–Crippen LogP) is 12.0. The summed E-state index contributed by atoms with van der Waals surface area (Å²) in [6, 6.07) is 31.3. The van der Waals surface area contributed by atoms with E-state index in [4.69, 9.17) is 21.0 Å². The number of nitrogens with zero attached hydrogens (tertiary/aromatic N) is 5. The molecule has 0 unspecified atom stereocenters. The van der Waals surface area contributed by atoms with Crippen molar-refractivity contribution in [3.63, 3.8) is 0 Å². The quantitative estimate of drug-likeness (QED) is 0.163. The Morgan fingerprint density at radius 2 is 1.49 bits per heavy atom. The van der Waals surface area contributed by atoms with Crippen LogP contribution < -0.4 is 0 Å². The lowest BCUT2D eigenvalue weighted by Crippen LogP contribution is -2.08. The van der Waals surface area contributed by atoms with Crippen molar-refractivity contribution >= 4 is 27.8 Å². The molecular weight excluding hydrogens is 603 g/mol. The average molecular weight is 640 g/mol. The van der Waals surface area contributed by atoms with Gasteiger partial charge in [-0.1, -0.05) is 90.1 Å². The highest BCUT2D eigenvalue weighted by Gasteiger charge is 2.24. The molecule has 0 aliphatic rings. The van der Waals surface area contributed by atoms with Crippen LogP contribution in [-0.4, -0.2) is 14.5 Å². The Labute approximate surface area is 287 Å². The van der Waals surface area contributed by atoms with Crippen LogP contribution in [0.5, 0.6) is 0 Å². The van der Waals surface area contributed by atoms with Crippen LogP contribution in [0.25, 0.3) is 66.2 Å². The molecule has 0 fully saturated rings. The molecule has 0 atom stereocenters. The molecule has 3 heterocycles. The van der Waals surface area contributed by atoms with Crippen molar-refractivity contribution in [2.45, 2.75) is 59.3 Å². The second kappa shape index (κ2) is 12.6. The van der Waals surface area contributed by atoms with E-state index in [-0.39, 0.29) is 11.8 Å². The zero-order chi connectivity index (χ0) is 34.4. The molecule has 240 valence electrons. The molecular formula is C43H37N5O. The van der Waals surface area contributed by atoms with Gasteiger partial charge in [-0.25, -0.2) is 9.83 Å². The van der Waals surface area contributed by atoms with Crippen LogP contribution >= 0.6 is 0 Å². The van der Waals surface area contributed by atoms with Crippen molar-refractivity contribution in [1.82, 2.24) is 14.5 Å². The Hall–Kier alpha value is -5.98. The van der Waals surface area contributed by atoms with Gasteiger partial charge in [-0.15, -0.1) is 0 Å². The van der Waals surface area contributed by atoms with Gasteiger partial charge < -0.3 is 4.42 Å². The van der Waals surface area contributed by atoms with E-state index >= 15 is 0 Å². The minimum atomic E-state index is 0.153. The highest BCUT2D eigenvalue weighted by molar-refractivity contribution is 6.08. The van der Waals surface area contributed by atoms with Gasteiger partial charge in [-0.2, -0.15) is 5.26 Å². The number of rotatable bonds is 7. The smallest absolute Gasteiger partial charge is 0.187 e. The third-order valence-electron chi connectivity index (χ3n) is 9.28. The molecule has 6 heteroatoms. The number of fused-ring (bicyclic) bond motifs is 3. The fourth-order valence-electron chi connectivity index (χ4n) is 6.64. The monoisotopic (exact) mass is 639 g/mol. The Balaban J connectivity index is 1.41. The zero-order valence-electron chi connectivity index (χ0n) is 28.6. The van der Waals surface area contributed by atoms with Crippen LogP contribution in [0.1, 0.15) is 81.7 Å². The number of pyridine rings is 1. The minimum Gasteiger partial charge on any atom is -0.454 e. The van der Waals surface area contributed by atoms with Crippen LogP contribution in [0.2, 0.25) is 0 Å². The number of aromatic nitrogens is 3. The second-order valence-corrected chi connectivity index (χ2v) is 13.5. The molecule has 0 saturated carbocycles. The van der Waals surface area contributed by atoms with E-state index in [1.54, 1.807) is 6.07 Å². The summed E-state index contributed by atoms with van der Waals surface area (Å²) in [5.41, 5.74) is 12.9. The van der Waals surface area contributed by atoms with E-state index in [1.165, 1.54) is 5.56 Å². The van der Waals surface area contributed by atoms with Gasteiger partial charge in [0.15, 0.2) is 17.0 Å². The van der Waals surface area contributed by atoms with Crippen molar-refractivity contribution in [2.24, 2.45) is 0 Å². The maximum absolute atomic E-state index is 9.90. The molecule has 4 aromatic carbocycles. The number of hydrogen-bond donors (Lipinski definition) is 0. The summed E-state index contributed by atoms with van der Waals surface area (Å²) in [6.45, 7) is 20.7. The molecule has 49 heavy (non-hydrogen) atoms. The van der Waals surface area contributed by atoms with Crippen molar-refractivity contribution in [3.05, 3.63) is 131 Å². The van der Waals surface area contributed by atoms with Crippen molar-refractivity contribution in [1.29, 1.82) is 5.26 Å². The molecule has 0 bridgehead atoms. The first-order valence-corrected chi connectivity index (χ1v) is 16.7. The van der Waals surface area contributed by atoms with Gasteiger partial charge in [0.25, 0.3) is 0 Å². The Morgan fingerprint density at radius 3 is 2.14 bits per heavy atom. The highest BCUT2D eigenvalue weighted by atomic mass is 16.3. The molecule has 0 radical (unpaired) electrons. The summed E-state index contributed by atoms with van der Waals surface area (Å²) < 4.78 is 8.61. The molecule has 7 aromatic rings. The van der Waals surface area contributed by atoms with E-state index in [2.05, 4.69) is 101 Å². The average Bonchev–Trinajstić information content (AvgIpc) is 3.72. The number of hydrogen-bond acceptors (Lipinski definition) is 4. The topological polar surface area (TPSA) is 72.0 Å². The molecule has 0 amide bonds. The highest BCUT2D eigenvalue weighted by Crippen LogP contribution is 2.42. The first-order valence-electron chi connectivity index (χ1n) is 16.7. The van der Waals surface area contributed by atoms with Gasteiger partial charge in [0.2, 0.25) is 0 Å². The standard InChI is InChI=1S/C43H37N5O/c1-25(2)28-11-13-29(14-12-28)30-15-16-39-38(20-30)40-42(49-39)35(17-18-46-40)32-21-36(26(3)4)41(37(22-32)27(5)6)48-24-34(23-44)47-43(48)31-9-8-10-33(19-31)45-7/h8-22,24-27H,1-6H3. The summed E-state index contributed by atoms with van der Waals surface area (Å²) in [5, 5.41) is 10.9.